The molecule has 0 bridgehead atoms. The van der Waals surface area contributed by atoms with E-state index in [1.165, 1.54) is 23.5 Å². The fourth-order valence-corrected chi connectivity index (χ4v) is 5.19. The van der Waals surface area contributed by atoms with Gasteiger partial charge in [0, 0.05) is 36.8 Å². The Hall–Kier alpha value is -2.69. The third-order valence-corrected chi connectivity index (χ3v) is 7.62. The molecular formula is C23H28N4O4S2. The normalized spacial score (nSPS) is 14.3. The lowest BCUT2D eigenvalue weighted by Crippen LogP contribution is -2.28. The molecule has 1 amide bonds. The number of amides is 1. The van der Waals surface area contributed by atoms with Crippen LogP contribution in [0.25, 0.3) is 10.2 Å². The summed E-state index contributed by atoms with van der Waals surface area (Å²) >= 11 is 1.30. The standard InChI is InChI=1S/C23H28N4O4S2/c1-15(2)24-12-13-25-17-6-9-19(10-7-17)33(29,30)31-18-8-11-20-21(14-18)32-23(26-20)27-22(28)16-4-3-5-16/h6-11,14-16,24-25H,3-5,12-13H2,1-2H3,(H,26,27,28). The molecule has 0 saturated heterocycles. The van der Waals surface area contributed by atoms with Crippen LogP contribution in [0.5, 0.6) is 5.75 Å². The third-order valence-electron chi connectivity index (χ3n) is 5.42. The molecular weight excluding hydrogens is 460 g/mol. The van der Waals surface area contributed by atoms with Gasteiger partial charge in [-0.1, -0.05) is 31.6 Å². The number of hydrogen-bond acceptors (Lipinski definition) is 8. The summed E-state index contributed by atoms with van der Waals surface area (Å²) in [6, 6.07) is 11.8. The van der Waals surface area contributed by atoms with Gasteiger partial charge in [0.2, 0.25) is 5.91 Å². The summed E-state index contributed by atoms with van der Waals surface area (Å²) in [4.78, 5) is 16.6. The van der Waals surface area contributed by atoms with Gasteiger partial charge in [0.25, 0.3) is 0 Å². The number of hydrogen-bond donors (Lipinski definition) is 3. The second kappa shape index (κ2) is 10.1. The Labute approximate surface area is 197 Å². The minimum Gasteiger partial charge on any atom is -0.384 e. The number of carbonyl (C=O) groups excluding carboxylic acids is 1. The van der Waals surface area contributed by atoms with Crippen LogP contribution in [0, 0.1) is 5.92 Å². The Morgan fingerprint density at radius 2 is 1.91 bits per heavy atom. The number of rotatable bonds is 10. The molecule has 1 aliphatic carbocycles. The first-order valence-corrected chi connectivity index (χ1v) is 13.3. The average Bonchev–Trinajstić information content (AvgIpc) is 3.11. The van der Waals surface area contributed by atoms with E-state index in [9.17, 15) is 13.2 Å². The number of nitrogens with one attached hydrogen (secondary N) is 3. The summed E-state index contributed by atoms with van der Waals surface area (Å²) in [6.45, 7) is 5.71. The van der Waals surface area contributed by atoms with Crippen molar-refractivity contribution in [3.8, 4) is 5.75 Å². The van der Waals surface area contributed by atoms with E-state index in [0.717, 1.165) is 42.7 Å². The molecule has 0 radical (unpaired) electrons. The molecule has 33 heavy (non-hydrogen) atoms. The molecule has 0 unspecified atom stereocenters. The van der Waals surface area contributed by atoms with Crippen molar-refractivity contribution in [2.45, 2.75) is 44.0 Å². The zero-order chi connectivity index (χ0) is 23.4. The first-order valence-electron chi connectivity index (χ1n) is 11.0. The van der Waals surface area contributed by atoms with Gasteiger partial charge >= 0.3 is 10.1 Å². The number of nitrogens with zero attached hydrogens (tertiary/aromatic N) is 1. The van der Waals surface area contributed by atoms with Gasteiger partial charge in [-0.2, -0.15) is 8.42 Å². The Kier molecular flexibility index (Phi) is 7.16. The molecule has 1 aliphatic rings. The molecule has 2 aromatic carbocycles. The van der Waals surface area contributed by atoms with Crippen molar-refractivity contribution in [2.24, 2.45) is 5.92 Å². The van der Waals surface area contributed by atoms with Crippen LogP contribution >= 0.6 is 11.3 Å². The lowest BCUT2D eigenvalue weighted by atomic mass is 9.85. The van der Waals surface area contributed by atoms with Crippen LogP contribution in [-0.4, -0.2) is 38.4 Å². The Balaban J connectivity index is 1.39. The number of anilines is 2. The van der Waals surface area contributed by atoms with Crippen molar-refractivity contribution in [1.82, 2.24) is 10.3 Å². The summed E-state index contributed by atoms with van der Waals surface area (Å²) < 4.78 is 31.5. The van der Waals surface area contributed by atoms with Crippen molar-refractivity contribution < 1.29 is 17.4 Å². The lowest BCUT2D eigenvalue weighted by Gasteiger charge is -2.23. The molecule has 1 fully saturated rings. The second-order valence-electron chi connectivity index (χ2n) is 8.36. The minimum absolute atomic E-state index is 0.00604. The van der Waals surface area contributed by atoms with Gasteiger partial charge in [0.1, 0.15) is 10.6 Å². The van der Waals surface area contributed by atoms with Crippen LogP contribution in [0.2, 0.25) is 0 Å². The zero-order valence-corrected chi connectivity index (χ0v) is 20.3. The summed E-state index contributed by atoms with van der Waals surface area (Å²) in [5.74, 6) is 0.262. The van der Waals surface area contributed by atoms with Gasteiger partial charge in [0.15, 0.2) is 5.13 Å². The maximum absolute atomic E-state index is 12.7. The summed E-state index contributed by atoms with van der Waals surface area (Å²) in [7, 11) is -3.98. The summed E-state index contributed by atoms with van der Waals surface area (Å²) in [5.41, 5.74) is 1.51. The molecule has 1 heterocycles. The Bertz CT molecular complexity index is 1220. The number of fused-ring (bicyclic) bond motifs is 1. The largest absolute Gasteiger partial charge is 0.384 e. The zero-order valence-electron chi connectivity index (χ0n) is 18.6. The topological polar surface area (TPSA) is 109 Å². The molecule has 10 heteroatoms. The monoisotopic (exact) mass is 488 g/mol. The fraction of sp³-hybridized carbons (Fsp3) is 0.391. The summed E-state index contributed by atoms with van der Waals surface area (Å²) in [6.07, 6.45) is 2.92. The van der Waals surface area contributed by atoms with Gasteiger partial charge in [-0.3, -0.25) is 4.79 Å². The number of thiazole rings is 1. The molecule has 8 nitrogen and oxygen atoms in total. The second-order valence-corrected chi connectivity index (χ2v) is 10.9. The van der Waals surface area contributed by atoms with E-state index < -0.39 is 10.1 Å². The number of aromatic nitrogens is 1. The van der Waals surface area contributed by atoms with Gasteiger partial charge in [-0.05, 0) is 49.2 Å². The summed E-state index contributed by atoms with van der Waals surface area (Å²) in [5, 5.41) is 9.92. The smallest absolute Gasteiger partial charge is 0.339 e. The van der Waals surface area contributed by atoms with E-state index in [1.54, 1.807) is 30.3 Å². The molecule has 3 N–H and O–H groups in total. The van der Waals surface area contributed by atoms with Crippen LogP contribution in [0.4, 0.5) is 10.8 Å². The van der Waals surface area contributed by atoms with E-state index in [1.807, 2.05) is 0 Å². The molecule has 3 aromatic rings. The highest BCUT2D eigenvalue weighted by Crippen LogP contribution is 2.32. The van der Waals surface area contributed by atoms with Crippen molar-refractivity contribution in [2.75, 3.05) is 23.7 Å². The molecule has 0 spiro atoms. The van der Waals surface area contributed by atoms with Crippen LogP contribution in [-0.2, 0) is 14.9 Å². The van der Waals surface area contributed by atoms with E-state index in [-0.39, 0.29) is 22.5 Å². The first kappa shape index (κ1) is 23.5. The third kappa shape index (κ3) is 6.01. The minimum atomic E-state index is -3.98. The maximum Gasteiger partial charge on any atom is 0.339 e. The predicted molar refractivity (Wildman–Crippen MR) is 131 cm³/mol. The highest BCUT2D eigenvalue weighted by molar-refractivity contribution is 7.87. The highest BCUT2D eigenvalue weighted by atomic mass is 32.2. The SMILES string of the molecule is CC(C)NCCNc1ccc(S(=O)(=O)Oc2ccc3nc(NC(=O)C4CCC4)sc3c2)cc1. The number of carbonyl (C=O) groups is 1. The van der Waals surface area contributed by atoms with Crippen molar-refractivity contribution in [3.05, 3.63) is 42.5 Å². The van der Waals surface area contributed by atoms with Crippen LogP contribution < -0.4 is 20.1 Å². The molecule has 1 aromatic heterocycles. The first-order chi connectivity index (χ1) is 15.8. The predicted octanol–water partition coefficient (Wildman–Crippen LogP) is 4.21. The van der Waals surface area contributed by atoms with Crippen LogP contribution in [0.15, 0.2) is 47.4 Å². The van der Waals surface area contributed by atoms with Crippen molar-refractivity contribution in [3.63, 3.8) is 0 Å². The van der Waals surface area contributed by atoms with Gasteiger partial charge in [0.05, 0.1) is 10.2 Å². The van der Waals surface area contributed by atoms with Crippen molar-refractivity contribution in [1.29, 1.82) is 0 Å². The van der Waals surface area contributed by atoms with Gasteiger partial charge in [-0.15, -0.1) is 0 Å². The maximum atomic E-state index is 12.7. The van der Waals surface area contributed by atoms with Gasteiger partial charge < -0.3 is 20.1 Å². The molecule has 0 aliphatic heterocycles. The van der Waals surface area contributed by atoms with Crippen LogP contribution in [0.1, 0.15) is 33.1 Å². The van der Waals surface area contributed by atoms with Crippen LogP contribution in [0.3, 0.4) is 0 Å². The van der Waals surface area contributed by atoms with E-state index in [2.05, 4.69) is 34.8 Å². The quantitative estimate of drug-likeness (QED) is 0.290. The molecule has 0 atom stereocenters. The van der Waals surface area contributed by atoms with E-state index in [4.69, 9.17) is 4.18 Å². The van der Waals surface area contributed by atoms with E-state index >= 15 is 0 Å². The average molecular weight is 489 g/mol. The molecule has 1 saturated carbocycles. The fourth-order valence-electron chi connectivity index (χ4n) is 3.37. The van der Waals surface area contributed by atoms with Crippen molar-refractivity contribution >= 4 is 48.4 Å². The Morgan fingerprint density at radius 1 is 1.15 bits per heavy atom. The lowest BCUT2D eigenvalue weighted by molar-refractivity contribution is -0.122. The van der Waals surface area contributed by atoms with Gasteiger partial charge in [-0.25, -0.2) is 4.98 Å². The highest BCUT2D eigenvalue weighted by Gasteiger charge is 2.26. The molecule has 4 rings (SSSR count). The Morgan fingerprint density at radius 3 is 2.58 bits per heavy atom. The van der Waals surface area contributed by atoms with E-state index in [0.29, 0.717) is 16.7 Å². The molecule has 176 valence electrons. The number of benzene rings is 2.